The smallest absolute Gasteiger partial charge is 0.0495 e. The third-order valence-electron chi connectivity index (χ3n) is 6.83. The molecule has 1 saturated carbocycles. The van der Waals surface area contributed by atoms with Crippen LogP contribution in [-0.4, -0.2) is 35.2 Å². The molecule has 2 aliphatic heterocycles. The molecule has 1 aromatic carbocycles. The van der Waals surface area contributed by atoms with Crippen LogP contribution in [0.4, 0.5) is 0 Å². The van der Waals surface area contributed by atoms with Crippen molar-refractivity contribution in [2.75, 3.05) is 13.1 Å². The van der Waals surface area contributed by atoms with Crippen LogP contribution in [0.3, 0.4) is 0 Å². The maximum atomic E-state index is 6.72. The summed E-state index contributed by atoms with van der Waals surface area (Å²) in [5.74, 6) is 0.808. The van der Waals surface area contributed by atoms with E-state index >= 15 is 0 Å². The predicted molar refractivity (Wildman–Crippen MR) is 104 cm³/mol. The molecule has 2 N–H and O–H groups in total. The van der Waals surface area contributed by atoms with Crippen molar-refractivity contribution in [1.29, 1.82) is 0 Å². The SMILES string of the molecule is NC1CCCN(N2CCCCC2c2ccccc2)C1C1CCCCC1. The van der Waals surface area contributed by atoms with Crippen LogP contribution < -0.4 is 5.73 Å². The van der Waals surface area contributed by atoms with E-state index < -0.39 is 0 Å². The van der Waals surface area contributed by atoms with E-state index in [-0.39, 0.29) is 0 Å². The van der Waals surface area contributed by atoms with Gasteiger partial charge in [-0.05, 0) is 50.0 Å². The highest BCUT2D eigenvalue weighted by Crippen LogP contribution is 2.39. The Bertz CT molecular complexity index is 525. The summed E-state index contributed by atoms with van der Waals surface area (Å²) in [6.45, 7) is 2.41. The molecule has 0 bridgehead atoms. The van der Waals surface area contributed by atoms with Gasteiger partial charge in [0.2, 0.25) is 0 Å². The number of rotatable bonds is 3. The first kappa shape index (κ1) is 17.5. The molecule has 2 heterocycles. The minimum Gasteiger partial charge on any atom is -0.326 e. The van der Waals surface area contributed by atoms with Crippen LogP contribution >= 0.6 is 0 Å². The average molecular weight is 342 g/mol. The van der Waals surface area contributed by atoms with Gasteiger partial charge in [-0.15, -0.1) is 0 Å². The van der Waals surface area contributed by atoms with Crippen molar-refractivity contribution in [2.24, 2.45) is 11.7 Å². The maximum Gasteiger partial charge on any atom is 0.0495 e. The van der Waals surface area contributed by atoms with Gasteiger partial charge < -0.3 is 5.73 Å². The molecule has 0 spiro atoms. The summed E-state index contributed by atoms with van der Waals surface area (Å²) >= 11 is 0. The number of benzene rings is 1. The molecular formula is C22H35N3. The molecule has 0 radical (unpaired) electrons. The number of nitrogens with two attached hydrogens (primary N) is 1. The number of nitrogens with zero attached hydrogens (tertiary/aromatic N) is 2. The lowest BCUT2D eigenvalue weighted by molar-refractivity contribution is -0.143. The lowest BCUT2D eigenvalue weighted by atomic mass is 9.78. The molecule has 3 atom stereocenters. The van der Waals surface area contributed by atoms with Gasteiger partial charge in [0.05, 0.1) is 0 Å². The largest absolute Gasteiger partial charge is 0.326 e. The third-order valence-corrected chi connectivity index (χ3v) is 6.83. The fourth-order valence-electron chi connectivity index (χ4n) is 5.64. The summed E-state index contributed by atoms with van der Waals surface area (Å²) in [7, 11) is 0. The van der Waals surface area contributed by atoms with Gasteiger partial charge >= 0.3 is 0 Å². The van der Waals surface area contributed by atoms with Crippen LogP contribution in [0, 0.1) is 5.92 Å². The van der Waals surface area contributed by atoms with Crippen LogP contribution in [0.25, 0.3) is 0 Å². The minimum atomic E-state index is 0.357. The van der Waals surface area contributed by atoms with E-state index in [2.05, 4.69) is 40.3 Å². The zero-order valence-corrected chi connectivity index (χ0v) is 15.7. The van der Waals surface area contributed by atoms with Gasteiger partial charge in [0.25, 0.3) is 0 Å². The van der Waals surface area contributed by atoms with Gasteiger partial charge in [0.1, 0.15) is 0 Å². The summed E-state index contributed by atoms with van der Waals surface area (Å²) in [6.07, 6.45) is 13.4. The van der Waals surface area contributed by atoms with E-state index in [4.69, 9.17) is 5.73 Å². The summed E-state index contributed by atoms with van der Waals surface area (Å²) in [4.78, 5) is 0. The number of piperidine rings is 2. The number of hydrazine groups is 1. The third kappa shape index (κ3) is 3.79. The van der Waals surface area contributed by atoms with E-state index in [9.17, 15) is 0 Å². The normalized spacial score (nSPS) is 33.4. The lowest BCUT2D eigenvalue weighted by Crippen LogP contribution is -2.62. The highest BCUT2D eigenvalue weighted by molar-refractivity contribution is 5.19. The molecule has 3 nitrogen and oxygen atoms in total. The molecule has 4 rings (SSSR count). The minimum absolute atomic E-state index is 0.357. The van der Waals surface area contributed by atoms with Crippen molar-refractivity contribution in [3.63, 3.8) is 0 Å². The molecule has 3 aliphatic rings. The molecule has 0 amide bonds. The molecule has 138 valence electrons. The van der Waals surface area contributed by atoms with Crippen LogP contribution in [0.2, 0.25) is 0 Å². The predicted octanol–water partition coefficient (Wildman–Crippen LogP) is 4.50. The molecule has 1 aliphatic carbocycles. The molecular weight excluding hydrogens is 306 g/mol. The molecule has 3 fully saturated rings. The van der Waals surface area contributed by atoms with Crippen LogP contribution in [0.5, 0.6) is 0 Å². The molecule has 3 heteroatoms. The Morgan fingerprint density at radius 1 is 0.720 bits per heavy atom. The molecule has 1 aromatic rings. The topological polar surface area (TPSA) is 32.5 Å². The Labute approximate surface area is 153 Å². The Hall–Kier alpha value is -0.900. The Kier molecular flexibility index (Phi) is 5.74. The molecule has 0 aromatic heterocycles. The van der Waals surface area contributed by atoms with Crippen molar-refractivity contribution < 1.29 is 0 Å². The van der Waals surface area contributed by atoms with Crippen LogP contribution in [0.1, 0.15) is 75.8 Å². The van der Waals surface area contributed by atoms with Crippen molar-refractivity contribution in [2.45, 2.75) is 82.3 Å². The van der Waals surface area contributed by atoms with Gasteiger partial charge in [-0.1, -0.05) is 56.0 Å². The van der Waals surface area contributed by atoms with Crippen LogP contribution in [-0.2, 0) is 0 Å². The average Bonchev–Trinajstić information content (AvgIpc) is 2.69. The summed E-state index contributed by atoms with van der Waals surface area (Å²) < 4.78 is 0. The first-order valence-corrected chi connectivity index (χ1v) is 10.7. The Morgan fingerprint density at radius 2 is 1.44 bits per heavy atom. The highest BCUT2D eigenvalue weighted by atomic mass is 15.7. The van der Waals surface area contributed by atoms with Gasteiger partial charge in [-0.2, -0.15) is 0 Å². The second kappa shape index (κ2) is 8.20. The first-order valence-electron chi connectivity index (χ1n) is 10.7. The van der Waals surface area contributed by atoms with Gasteiger partial charge in [-0.25, -0.2) is 10.0 Å². The first-order chi connectivity index (χ1) is 12.3. The van der Waals surface area contributed by atoms with Gasteiger partial charge in [0.15, 0.2) is 0 Å². The van der Waals surface area contributed by atoms with E-state index in [0.717, 1.165) is 5.92 Å². The standard InChI is InChI=1S/C22H35N3/c23-20-14-9-17-25(22(20)19-12-5-2-6-13-19)24-16-8-7-15-21(24)18-10-3-1-4-11-18/h1,3-4,10-11,19-22H,2,5-9,12-17,23H2. The van der Waals surface area contributed by atoms with E-state index in [0.29, 0.717) is 18.1 Å². The second-order valence-corrected chi connectivity index (χ2v) is 8.44. The zero-order valence-electron chi connectivity index (χ0n) is 15.7. The molecule has 3 unspecified atom stereocenters. The Morgan fingerprint density at radius 3 is 2.24 bits per heavy atom. The van der Waals surface area contributed by atoms with Crippen molar-refractivity contribution in [3.8, 4) is 0 Å². The van der Waals surface area contributed by atoms with Gasteiger partial charge in [0, 0.05) is 31.2 Å². The maximum absolute atomic E-state index is 6.72. The Balaban J connectivity index is 1.59. The number of hydrogen-bond acceptors (Lipinski definition) is 3. The van der Waals surface area contributed by atoms with Crippen molar-refractivity contribution in [3.05, 3.63) is 35.9 Å². The monoisotopic (exact) mass is 341 g/mol. The van der Waals surface area contributed by atoms with E-state index in [1.165, 1.54) is 82.9 Å². The van der Waals surface area contributed by atoms with E-state index in [1.807, 2.05) is 0 Å². The fraction of sp³-hybridized carbons (Fsp3) is 0.727. The fourth-order valence-corrected chi connectivity index (χ4v) is 5.64. The van der Waals surface area contributed by atoms with Crippen molar-refractivity contribution >= 4 is 0 Å². The summed E-state index contributed by atoms with van der Waals surface area (Å²) in [5.41, 5.74) is 8.21. The highest BCUT2D eigenvalue weighted by Gasteiger charge is 2.41. The van der Waals surface area contributed by atoms with Crippen LogP contribution in [0.15, 0.2) is 30.3 Å². The van der Waals surface area contributed by atoms with Gasteiger partial charge in [-0.3, -0.25) is 0 Å². The summed E-state index contributed by atoms with van der Waals surface area (Å²) in [5, 5.41) is 5.48. The summed E-state index contributed by atoms with van der Waals surface area (Å²) in [6, 6.07) is 12.6. The molecule has 25 heavy (non-hydrogen) atoms. The van der Waals surface area contributed by atoms with E-state index in [1.54, 1.807) is 0 Å². The second-order valence-electron chi connectivity index (χ2n) is 8.44. The number of hydrogen-bond donors (Lipinski definition) is 1. The lowest BCUT2D eigenvalue weighted by Gasteiger charge is -2.53. The zero-order chi connectivity index (χ0) is 17.1. The molecule has 2 saturated heterocycles. The quantitative estimate of drug-likeness (QED) is 0.878. The van der Waals surface area contributed by atoms with Crippen molar-refractivity contribution in [1.82, 2.24) is 10.0 Å².